The van der Waals surface area contributed by atoms with Crippen molar-refractivity contribution in [3.05, 3.63) is 75.0 Å². The van der Waals surface area contributed by atoms with Crippen molar-refractivity contribution in [3.8, 4) is 11.3 Å². The van der Waals surface area contributed by atoms with Crippen LogP contribution < -0.4 is 10.9 Å². The zero-order chi connectivity index (χ0) is 19.7. The summed E-state index contributed by atoms with van der Waals surface area (Å²) < 4.78 is 1.15. The number of aromatic nitrogens is 3. The number of anilines is 1. The Bertz CT molecular complexity index is 1230. The molecule has 0 saturated carbocycles. The number of carbonyl (C=O) groups excluding carboxylic acids is 1. The number of aryl methyl sites for hydroxylation is 1. The quantitative estimate of drug-likeness (QED) is 0.549. The van der Waals surface area contributed by atoms with E-state index in [9.17, 15) is 9.59 Å². The van der Waals surface area contributed by atoms with Crippen LogP contribution in [0.25, 0.3) is 22.0 Å². The Balaban J connectivity index is 1.53. The maximum absolute atomic E-state index is 12.5. The Morgan fingerprint density at radius 3 is 2.71 bits per heavy atom. The number of fused-ring (bicyclic) bond motifs is 1. The van der Waals surface area contributed by atoms with E-state index in [4.69, 9.17) is 11.6 Å². The zero-order valence-corrected chi connectivity index (χ0v) is 16.4. The summed E-state index contributed by atoms with van der Waals surface area (Å²) in [5.41, 5.74) is 1.41. The molecule has 2 aromatic heterocycles. The normalized spacial score (nSPS) is 10.9. The summed E-state index contributed by atoms with van der Waals surface area (Å²) in [6.45, 7) is 1.76. The van der Waals surface area contributed by atoms with Crippen LogP contribution in [0.15, 0.2) is 59.5 Å². The molecular formula is C20H15ClN4O2S. The number of carbonyl (C=O) groups is 1. The molecule has 140 valence electrons. The highest BCUT2D eigenvalue weighted by atomic mass is 35.5. The maximum Gasteiger partial charge on any atom is 0.275 e. The number of amides is 1. The third kappa shape index (κ3) is 3.67. The van der Waals surface area contributed by atoms with Crippen LogP contribution in [-0.4, -0.2) is 20.7 Å². The lowest BCUT2D eigenvalue weighted by Crippen LogP contribution is -2.29. The molecule has 1 amide bonds. The Labute approximate surface area is 169 Å². The molecule has 0 saturated heterocycles. The van der Waals surface area contributed by atoms with Gasteiger partial charge in [-0.1, -0.05) is 41.9 Å². The fraction of sp³-hybridized carbons (Fsp3) is 0.100. The van der Waals surface area contributed by atoms with Gasteiger partial charge in [-0.2, -0.15) is 5.10 Å². The lowest BCUT2D eigenvalue weighted by Gasteiger charge is -2.05. The Morgan fingerprint density at radius 1 is 1.18 bits per heavy atom. The summed E-state index contributed by atoms with van der Waals surface area (Å²) in [6.07, 6.45) is 1.58. The van der Waals surface area contributed by atoms with E-state index >= 15 is 0 Å². The van der Waals surface area contributed by atoms with Crippen molar-refractivity contribution < 1.29 is 4.79 Å². The van der Waals surface area contributed by atoms with E-state index in [2.05, 4.69) is 15.4 Å². The topological polar surface area (TPSA) is 76.9 Å². The summed E-state index contributed by atoms with van der Waals surface area (Å²) >= 11 is 7.31. The fourth-order valence-electron chi connectivity index (χ4n) is 2.86. The van der Waals surface area contributed by atoms with Gasteiger partial charge in [0.2, 0.25) is 5.91 Å². The van der Waals surface area contributed by atoms with Crippen molar-refractivity contribution in [1.82, 2.24) is 14.8 Å². The first-order valence-corrected chi connectivity index (χ1v) is 9.69. The first-order valence-electron chi connectivity index (χ1n) is 8.49. The van der Waals surface area contributed by atoms with E-state index in [1.807, 2.05) is 31.2 Å². The monoisotopic (exact) mass is 410 g/mol. The van der Waals surface area contributed by atoms with Gasteiger partial charge in [-0.3, -0.25) is 9.59 Å². The van der Waals surface area contributed by atoms with Crippen molar-refractivity contribution in [2.45, 2.75) is 13.5 Å². The smallest absolute Gasteiger partial charge is 0.275 e. The van der Waals surface area contributed by atoms with E-state index in [0.717, 1.165) is 26.2 Å². The molecule has 8 heteroatoms. The number of nitrogens with one attached hydrogen (secondary N) is 1. The van der Waals surface area contributed by atoms with Gasteiger partial charge in [0.15, 0.2) is 5.13 Å². The SMILES string of the molecule is Cc1sc(NC(=O)Cn2ncc3ccccc3c2=O)nc1-c1ccc(Cl)cc1. The molecule has 28 heavy (non-hydrogen) atoms. The van der Waals surface area contributed by atoms with Gasteiger partial charge in [-0.25, -0.2) is 9.67 Å². The molecule has 0 unspecified atom stereocenters. The second-order valence-corrected chi connectivity index (χ2v) is 7.81. The van der Waals surface area contributed by atoms with Gasteiger partial charge < -0.3 is 5.32 Å². The average Bonchev–Trinajstić information content (AvgIpc) is 3.05. The van der Waals surface area contributed by atoms with Crippen LogP contribution in [0.3, 0.4) is 0 Å². The highest BCUT2D eigenvalue weighted by molar-refractivity contribution is 7.16. The summed E-state index contributed by atoms with van der Waals surface area (Å²) in [7, 11) is 0. The van der Waals surface area contributed by atoms with Crippen molar-refractivity contribution in [2.75, 3.05) is 5.32 Å². The highest BCUT2D eigenvalue weighted by Gasteiger charge is 2.14. The van der Waals surface area contributed by atoms with E-state index in [1.54, 1.807) is 30.5 Å². The zero-order valence-electron chi connectivity index (χ0n) is 14.8. The third-order valence-corrected chi connectivity index (χ3v) is 5.35. The molecule has 0 fully saturated rings. The Hall–Kier alpha value is -3.03. The van der Waals surface area contributed by atoms with Crippen LogP contribution in [0.2, 0.25) is 5.02 Å². The molecule has 4 aromatic rings. The van der Waals surface area contributed by atoms with Gasteiger partial charge in [-0.15, -0.1) is 11.3 Å². The molecule has 6 nitrogen and oxygen atoms in total. The molecule has 4 rings (SSSR count). The van der Waals surface area contributed by atoms with E-state index in [1.165, 1.54) is 11.3 Å². The van der Waals surface area contributed by atoms with E-state index < -0.39 is 0 Å². The molecule has 0 bridgehead atoms. The largest absolute Gasteiger partial charge is 0.300 e. The lowest BCUT2D eigenvalue weighted by atomic mass is 10.1. The molecule has 2 aromatic carbocycles. The van der Waals surface area contributed by atoms with Crippen LogP contribution >= 0.6 is 22.9 Å². The first kappa shape index (κ1) is 18.3. The van der Waals surface area contributed by atoms with Crippen molar-refractivity contribution in [1.29, 1.82) is 0 Å². The molecule has 1 N–H and O–H groups in total. The van der Waals surface area contributed by atoms with E-state index in [-0.39, 0.29) is 18.0 Å². The standard InChI is InChI=1S/C20H15ClN4O2S/c1-12-18(13-6-8-15(21)9-7-13)24-20(28-12)23-17(26)11-25-19(27)16-5-3-2-4-14(16)10-22-25/h2-10H,11H2,1H3,(H,23,24,26). The predicted octanol–water partition coefficient (Wildman–Crippen LogP) is 4.12. The number of nitrogens with zero attached hydrogens (tertiary/aromatic N) is 3. The molecule has 0 aliphatic carbocycles. The highest BCUT2D eigenvalue weighted by Crippen LogP contribution is 2.31. The Kier molecular flexibility index (Phi) is 4.93. The fourth-order valence-corrected chi connectivity index (χ4v) is 3.84. The number of halogens is 1. The number of rotatable bonds is 4. The van der Waals surface area contributed by atoms with Gasteiger partial charge in [0.05, 0.1) is 17.3 Å². The van der Waals surface area contributed by atoms with Crippen LogP contribution in [-0.2, 0) is 11.3 Å². The molecule has 0 atom stereocenters. The van der Waals surface area contributed by atoms with E-state index in [0.29, 0.717) is 15.5 Å². The molecule has 0 spiro atoms. The van der Waals surface area contributed by atoms with Gasteiger partial charge in [0.1, 0.15) is 6.54 Å². The van der Waals surface area contributed by atoms with Crippen LogP contribution in [0, 0.1) is 6.92 Å². The van der Waals surface area contributed by atoms with Gasteiger partial charge in [-0.05, 0) is 25.1 Å². The average molecular weight is 411 g/mol. The van der Waals surface area contributed by atoms with Crippen molar-refractivity contribution in [2.24, 2.45) is 0 Å². The maximum atomic E-state index is 12.5. The first-order chi connectivity index (χ1) is 13.5. The van der Waals surface area contributed by atoms with Crippen molar-refractivity contribution >= 4 is 44.7 Å². The molecule has 2 heterocycles. The second-order valence-electron chi connectivity index (χ2n) is 6.17. The minimum atomic E-state index is -0.360. The molecule has 0 aliphatic heterocycles. The van der Waals surface area contributed by atoms with Crippen molar-refractivity contribution in [3.63, 3.8) is 0 Å². The summed E-state index contributed by atoms with van der Waals surface area (Å²) in [6, 6.07) is 14.5. The summed E-state index contributed by atoms with van der Waals surface area (Å²) in [4.78, 5) is 30.4. The van der Waals surface area contributed by atoms with Crippen LogP contribution in [0.5, 0.6) is 0 Å². The number of hydrogen-bond donors (Lipinski definition) is 1. The molecule has 0 aliphatic rings. The summed E-state index contributed by atoms with van der Waals surface area (Å²) in [5.74, 6) is -0.360. The minimum absolute atomic E-state index is 0.182. The number of thiazole rings is 1. The summed E-state index contributed by atoms with van der Waals surface area (Å²) in [5, 5.41) is 9.23. The van der Waals surface area contributed by atoms with Crippen LogP contribution in [0.4, 0.5) is 5.13 Å². The minimum Gasteiger partial charge on any atom is -0.300 e. The number of hydrogen-bond acceptors (Lipinski definition) is 5. The Morgan fingerprint density at radius 2 is 1.93 bits per heavy atom. The predicted molar refractivity (Wildman–Crippen MR) is 112 cm³/mol. The van der Waals surface area contributed by atoms with Gasteiger partial charge in [0.25, 0.3) is 5.56 Å². The van der Waals surface area contributed by atoms with Crippen LogP contribution in [0.1, 0.15) is 4.88 Å². The second kappa shape index (κ2) is 7.53. The molecular weight excluding hydrogens is 396 g/mol. The molecule has 0 radical (unpaired) electrons. The third-order valence-electron chi connectivity index (χ3n) is 4.22. The van der Waals surface area contributed by atoms with Gasteiger partial charge >= 0.3 is 0 Å². The number of benzene rings is 2. The van der Waals surface area contributed by atoms with Gasteiger partial charge in [0, 0.05) is 20.8 Å². The lowest BCUT2D eigenvalue weighted by molar-refractivity contribution is -0.117.